The lowest BCUT2D eigenvalue weighted by Gasteiger charge is -2.09. The van der Waals surface area contributed by atoms with E-state index in [-0.39, 0.29) is 21.9 Å². The van der Waals surface area contributed by atoms with Gasteiger partial charge in [0.15, 0.2) is 0 Å². The maximum Gasteiger partial charge on any atom is 0.276 e. The number of H-pyrrole nitrogens is 1. The molecule has 2 aromatic rings. The zero-order valence-electron chi connectivity index (χ0n) is 10.0. The van der Waals surface area contributed by atoms with Crippen LogP contribution in [-0.2, 0) is 0 Å². The predicted octanol–water partition coefficient (Wildman–Crippen LogP) is 0.796. The van der Waals surface area contributed by atoms with Gasteiger partial charge in [-0.1, -0.05) is 12.2 Å². The molecule has 6 nitrogen and oxygen atoms in total. The zero-order valence-corrected chi connectivity index (χ0v) is 10.8. The maximum atomic E-state index is 13.1. The molecule has 1 aromatic carbocycles. The van der Waals surface area contributed by atoms with Crippen molar-refractivity contribution in [2.75, 3.05) is 5.32 Å². The van der Waals surface area contributed by atoms with Crippen LogP contribution in [0.15, 0.2) is 35.1 Å². The Labute approximate surface area is 117 Å². The SMILES string of the molecule is NC(=S)c1cc(F)ccc1NC(=O)c1ccc(=O)[nH]n1. The minimum Gasteiger partial charge on any atom is -0.389 e. The number of anilines is 1. The summed E-state index contributed by atoms with van der Waals surface area (Å²) in [4.78, 5) is 22.7. The summed E-state index contributed by atoms with van der Waals surface area (Å²) in [7, 11) is 0. The van der Waals surface area contributed by atoms with Crippen molar-refractivity contribution in [3.05, 3.63) is 57.8 Å². The Kier molecular flexibility index (Phi) is 3.85. The number of carbonyl (C=O) groups is 1. The van der Waals surface area contributed by atoms with E-state index in [9.17, 15) is 14.0 Å². The van der Waals surface area contributed by atoms with E-state index in [0.29, 0.717) is 0 Å². The molecule has 4 N–H and O–H groups in total. The molecule has 0 unspecified atom stereocenters. The van der Waals surface area contributed by atoms with E-state index in [1.165, 1.54) is 18.2 Å². The standard InChI is InChI=1S/C12H9FN4O2S/c13-6-1-2-8(7(5-6)11(14)20)15-12(19)9-3-4-10(18)17-16-9/h1-5H,(H2,14,20)(H,15,19)(H,17,18). The number of benzene rings is 1. The van der Waals surface area contributed by atoms with Gasteiger partial charge in [0.05, 0.1) is 5.69 Å². The molecule has 0 spiro atoms. The molecule has 0 fully saturated rings. The quantitative estimate of drug-likeness (QED) is 0.726. The molecule has 0 saturated carbocycles. The fourth-order valence-corrected chi connectivity index (χ4v) is 1.66. The molecule has 20 heavy (non-hydrogen) atoms. The number of nitrogens with zero attached hydrogens (tertiary/aromatic N) is 1. The second kappa shape index (κ2) is 5.57. The minimum absolute atomic E-state index is 0.00261. The van der Waals surface area contributed by atoms with Crippen LogP contribution >= 0.6 is 12.2 Å². The summed E-state index contributed by atoms with van der Waals surface area (Å²) in [5.41, 5.74) is 5.51. The molecule has 1 amide bonds. The summed E-state index contributed by atoms with van der Waals surface area (Å²) in [5.74, 6) is -1.10. The monoisotopic (exact) mass is 292 g/mol. The van der Waals surface area contributed by atoms with Crippen LogP contribution in [0.2, 0.25) is 0 Å². The van der Waals surface area contributed by atoms with Crippen molar-refractivity contribution in [2.24, 2.45) is 5.73 Å². The van der Waals surface area contributed by atoms with Gasteiger partial charge < -0.3 is 11.1 Å². The summed E-state index contributed by atoms with van der Waals surface area (Å²) in [6.07, 6.45) is 0. The molecule has 0 saturated heterocycles. The summed E-state index contributed by atoms with van der Waals surface area (Å²) in [6, 6.07) is 6.06. The molecule has 0 bridgehead atoms. The number of aromatic nitrogens is 2. The topological polar surface area (TPSA) is 101 Å². The zero-order chi connectivity index (χ0) is 14.7. The number of amides is 1. The minimum atomic E-state index is -0.578. The first-order valence-electron chi connectivity index (χ1n) is 5.44. The predicted molar refractivity (Wildman–Crippen MR) is 75.1 cm³/mol. The van der Waals surface area contributed by atoms with Crippen LogP contribution in [0.3, 0.4) is 0 Å². The lowest BCUT2D eigenvalue weighted by Crippen LogP contribution is -2.20. The van der Waals surface area contributed by atoms with Crippen LogP contribution in [0.1, 0.15) is 16.1 Å². The van der Waals surface area contributed by atoms with E-state index < -0.39 is 17.3 Å². The van der Waals surface area contributed by atoms with Crippen molar-refractivity contribution < 1.29 is 9.18 Å². The van der Waals surface area contributed by atoms with E-state index in [2.05, 4.69) is 15.5 Å². The largest absolute Gasteiger partial charge is 0.389 e. The van der Waals surface area contributed by atoms with Gasteiger partial charge in [-0.3, -0.25) is 9.59 Å². The van der Waals surface area contributed by atoms with Crippen LogP contribution in [0.4, 0.5) is 10.1 Å². The molecule has 0 radical (unpaired) electrons. The van der Waals surface area contributed by atoms with Crippen molar-refractivity contribution in [1.82, 2.24) is 10.2 Å². The number of nitrogens with two attached hydrogens (primary N) is 1. The second-order valence-corrected chi connectivity index (χ2v) is 4.25. The number of hydrogen-bond acceptors (Lipinski definition) is 4. The Bertz CT molecular complexity index is 724. The molecule has 8 heteroatoms. The van der Waals surface area contributed by atoms with Crippen molar-refractivity contribution in [3.63, 3.8) is 0 Å². The summed E-state index contributed by atoms with van der Waals surface area (Å²) >= 11 is 4.79. The molecule has 2 rings (SSSR count). The van der Waals surface area contributed by atoms with Crippen LogP contribution in [0.25, 0.3) is 0 Å². The number of carbonyl (C=O) groups excluding carboxylic acids is 1. The highest BCUT2D eigenvalue weighted by Gasteiger charge is 2.12. The molecule has 0 atom stereocenters. The number of aromatic amines is 1. The lowest BCUT2D eigenvalue weighted by molar-refractivity contribution is 0.102. The number of thiocarbonyl (C=S) groups is 1. The fourth-order valence-electron chi connectivity index (χ4n) is 1.49. The van der Waals surface area contributed by atoms with Crippen LogP contribution < -0.4 is 16.6 Å². The van der Waals surface area contributed by atoms with Gasteiger partial charge in [0.25, 0.3) is 11.5 Å². The Morgan fingerprint density at radius 1 is 1.35 bits per heavy atom. The van der Waals surface area contributed by atoms with Crippen molar-refractivity contribution in [3.8, 4) is 0 Å². The number of hydrogen-bond donors (Lipinski definition) is 3. The second-order valence-electron chi connectivity index (χ2n) is 3.81. The fraction of sp³-hybridized carbons (Fsp3) is 0. The van der Waals surface area contributed by atoms with Crippen molar-refractivity contribution in [1.29, 1.82) is 0 Å². The van der Waals surface area contributed by atoms with Gasteiger partial charge in [0.2, 0.25) is 0 Å². The van der Waals surface area contributed by atoms with Gasteiger partial charge in [-0.15, -0.1) is 0 Å². The number of nitrogens with one attached hydrogen (secondary N) is 2. The molecule has 1 aromatic heterocycles. The van der Waals surface area contributed by atoms with Crippen molar-refractivity contribution in [2.45, 2.75) is 0 Å². The first kappa shape index (κ1) is 13.8. The summed E-state index contributed by atoms with van der Waals surface area (Å²) in [5, 5.41) is 8.21. The van der Waals surface area contributed by atoms with Gasteiger partial charge in [-0.2, -0.15) is 5.10 Å². The normalized spacial score (nSPS) is 10.1. The van der Waals surface area contributed by atoms with Gasteiger partial charge in [0, 0.05) is 11.6 Å². The van der Waals surface area contributed by atoms with E-state index >= 15 is 0 Å². The third-order valence-electron chi connectivity index (χ3n) is 2.41. The molecule has 1 heterocycles. The lowest BCUT2D eigenvalue weighted by atomic mass is 10.1. The van der Waals surface area contributed by atoms with E-state index in [1.54, 1.807) is 0 Å². The van der Waals surface area contributed by atoms with Gasteiger partial charge in [-0.25, -0.2) is 9.49 Å². The highest BCUT2D eigenvalue weighted by Crippen LogP contribution is 2.17. The summed E-state index contributed by atoms with van der Waals surface area (Å²) < 4.78 is 13.1. The highest BCUT2D eigenvalue weighted by molar-refractivity contribution is 7.80. The maximum absolute atomic E-state index is 13.1. The Morgan fingerprint density at radius 2 is 2.10 bits per heavy atom. The van der Waals surface area contributed by atoms with E-state index in [4.69, 9.17) is 18.0 Å². The molecule has 0 aliphatic heterocycles. The van der Waals surface area contributed by atoms with Gasteiger partial charge in [0.1, 0.15) is 16.5 Å². The van der Waals surface area contributed by atoms with Crippen LogP contribution in [-0.4, -0.2) is 21.1 Å². The van der Waals surface area contributed by atoms with E-state index in [1.807, 2.05) is 0 Å². The number of rotatable bonds is 3. The first-order valence-corrected chi connectivity index (χ1v) is 5.84. The highest BCUT2D eigenvalue weighted by atomic mass is 32.1. The Morgan fingerprint density at radius 3 is 2.70 bits per heavy atom. The van der Waals surface area contributed by atoms with Crippen molar-refractivity contribution >= 4 is 28.8 Å². The van der Waals surface area contributed by atoms with Crippen LogP contribution in [0, 0.1) is 5.82 Å². The molecule has 0 aliphatic carbocycles. The smallest absolute Gasteiger partial charge is 0.276 e. The average Bonchev–Trinajstić information content (AvgIpc) is 2.41. The van der Waals surface area contributed by atoms with Gasteiger partial charge >= 0.3 is 0 Å². The molecular weight excluding hydrogens is 283 g/mol. The third kappa shape index (κ3) is 3.04. The Hall–Kier alpha value is -2.61. The first-order chi connectivity index (χ1) is 9.47. The van der Waals surface area contributed by atoms with Gasteiger partial charge in [-0.05, 0) is 24.3 Å². The molecule has 0 aliphatic rings. The summed E-state index contributed by atoms with van der Waals surface area (Å²) in [6.45, 7) is 0. The van der Waals surface area contributed by atoms with E-state index in [0.717, 1.165) is 12.1 Å². The molecular formula is C12H9FN4O2S. The average molecular weight is 292 g/mol. The number of halogens is 1. The molecule has 102 valence electrons. The Balaban J connectivity index is 2.30. The van der Waals surface area contributed by atoms with Crippen LogP contribution in [0.5, 0.6) is 0 Å². The third-order valence-corrected chi connectivity index (χ3v) is 2.63.